The molecule has 22 heavy (non-hydrogen) atoms. The van der Waals surface area contributed by atoms with Crippen LogP contribution >= 0.6 is 11.3 Å². The number of ether oxygens (including phenoxy) is 2. The van der Waals surface area contributed by atoms with E-state index in [2.05, 4.69) is 15.6 Å². The number of anilines is 2. The van der Waals surface area contributed by atoms with Crippen LogP contribution in [0.3, 0.4) is 0 Å². The molecular formula is C15H17N3O3S. The number of fused-ring (bicyclic) bond motifs is 1. The Hall–Kier alpha value is -2.28. The fraction of sp³-hybridized carbons (Fsp3) is 0.333. The average Bonchev–Trinajstić information content (AvgIpc) is 2.96. The Morgan fingerprint density at radius 2 is 2.18 bits per heavy atom. The topological polar surface area (TPSA) is 72.5 Å². The third-order valence-electron chi connectivity index (χ3n) is 3.64. The maximum atomic E-state index is 12.0. The van der Waals surface area contributed by atoms with Gasteiger partial charge >= 0.3 is 0 Å². The molecule has 1 atom stereocenters. The minimum Gasteiger partial charge on any atom is -0.493 e. The lowest BCUT2D eigenvalue weighted by Crippen LogP contribution is -2.23. The summed E-state index contributed by atoms with van der Waals surface area (Å²) in [7, 11) is 5.02. The molecule has 0 radical (unpaired) electrons. The zero-order chi connectivity index (χ0) is 15.7. The van der Waals surface area contributed by atoms with Crippen molar-refractivity contribution >= 4 is 28.2 Å². The van der Waals surface area contributed by atoms with Crippen LogP contribution in [0, 0.1) is 0 Å². The summed E-state index contributed by atoms with van der Waals surface area (Å²) in [6.45, 7) is 0. The van der Waals surface area contributed by atoms with E-state index in [1.807, 2.05) is 25.2 Å². The summed E-state index contributed by atoms with van der Waals surface area (Å²) in [6.07, 6.45) is 0.363. The van der Waals surface area contributed by atoms with E-state index in [-0.39, 0.29) is 11.8 Å². The molecule has 0 saturated carbocycles. The van der Waals surface area contributed by atoms with Crippen LogP contribution < -0.4 is 20.1 Å². The van der Waals surface area contributed by atoms with Crippen LogP contribution in [-0.2, 0) is 4.79 Å². The lowest BCUT2D eigenvalue weighted by molar-refractivity contribution is -0.116. The molecule has 2 aromatic rings. The van der Waals surface area contributed by atoms with Gasteiger partial charge in [0.15, 0.2) is 16.6 Å². The zero-order valence-electron chi connectivity index (χ0n) is 12.6. The van der Waals surface area contributed by atoms with Crippen LogP contribution in [0.2, 0.25) is 0 Å². The summed E-state index contributed by atoms with van der Waals surface area (Å²) in [5.74, 6) is 1.81. The first kappa shape index (κ1) is 14.6. The van der Waals surface area contributed by atoms with Crippen molar-refractivity contribution in [3.63, 3.8) is 0 Å². The van der Waals surface area contributed by atoms with Crippen LogP contribution in [0.25, 0.3) is 0 Å². The van der Waals surface area contributed by atoms with E-state index in [4.69, 9.17) is 9.47 Å². The molecule has 1 aromatic heterocycles. The third-order valence-corrected chi connectivity index (χ3v) is 4.83. The highest BCUT2D eigenvalue weighted by Crippen LogP contribution is 2.46. The minimum absolute atomic E-state index is 0.0460. The van der Waals surface area contributed by atoms with Gasteiger partial charge in [-0.05, 0) is 6.07 Å². The van der Waals surface area contributed by atoms with Gasteiger partial charge in [0, 0.05) is 24.9 Å². The fourth-order valence-electron chi connectivity index (χ4n) is 2.66. The largest absolute Gasteiger partial charge is 0.493 e. The number of carbonyl (C=O) groups excluding carboxylic acids is 1. The van der Waals surface area contributed by atoms with Gasteiger partial charge in [0.25, 0.3) is 0 Å². The lowest BCUT2D eigenvalue weighted by Gasteiger charge is -2.24. The summed E-state index contributed by atoms with van der Waals surface area (Å²) >= 11 is 1.54. The van der Waals surface area contributed by atoms with Crippen molar-refractivity contribution in [2.75, 3.05) is 31.9 Å². The molecule has 0 spiro atoms. The van der Waals surface area contributed by atoms with Gasteiger partial charge in [0.1, 0.15) is 5.82 Å². The average molecular weight is 319 g/mol. The molecule has 0 aliphatic carbocycles. The Kier molecular flexibility index (Phi) is 3.89. The number of nitrogens with one attached hydrogen (secondary N) is 2. The van der Waals surface area contributed by atoms with Crippen LogP contribution in [0.4, 0.5) is 10.9 Å². The zero-order valence-corrected chi connectivity index (χ0v) is 13.4. The summed E-state index contributed by atoms with van der Waals surface area (Å²) in [5.41, 5.74) is 0.934. The maximum absolute atomic E-state index is 12.0. The van der Waals surface area contributed by atoms with E-state index in [0.717, 1.165) is 15.6 Å². The van der Waals surface area contributed by atoms with Crippen molar-refractivity contribution in [2.24, 2.45) is 0 Å². The molecule has 0 unspecified atom stereocenters. The molecule has 0 fully saturated rings. The highest BCUT2D eigenvalue weighted by atomic mass is 32.1. The number of amides is 1. The van der Waals surface area contributed by atoms with Gasteiger partial charge in [0.05, 0.1) is 19.1 Å². The number of carbonyl (C=O) groups is 1. The molecule has 2 heterocycles. The van der Waals surface area contributed by atoms with Crippen molar-refractivity contribution in [3.8, 4) is 11.5 Å². The smallest absolute Gasteiger partial charge is 0.226 e. The molecule has 1 aliphatic rings. The third kappa shape index (κ3) is 2.37. The van der Waals surface area contributed by atoms with Crippen LogP contribution in [-0.4, -0.2) is 32.2 Å². The number of benzene rings is 1. The van der Waals surface area contributed by atoms with E-state index in [0.29, 0.717) is 23.7 Å². The highest BCUT2D eigenvalue weighted by Gasteiger charge is 2.32. The maximum Gasteiger partial charge on any atom is 0.226 e. The number of nitrogens with zero attached hydrogens (tertiary/aromatic N) is 1. The number of hydrogen-bond acceptors (Lipinski definition) is 6. The number of methoxy groups -OCH3 is 2. The van der Waals surface area contributed by atoms with E-state index in [9.17, 15) is 4.79 Å². The second kappa shape index (κ2) is 5.84. The number of rotatable bonds is 4. The fourth-order valence-corrected chi connectivity index (χ4v) is 3.66. The minimum atomic E-state index is -0.0894. The molecular weight excluding hydrogens is 302 g/mol. The Labute approximate surface area is 132 Å². The van der Waals surface area contributed by atoms with Crippen molar-refractivity contribution in [1.82, 2.24) is 4.98 Å². The molecule has 3 rings (SSSR count). The van der Waals surface area contributed by atoms with E-state index >= 15 is 0 Å². The Morgan fingerprint density at radius 3 is 2.86 bits per heavy atom. The number of aromatic nitrogens is 1. The number of para-hydroxylation sites is 1. The van der Waals surface area contributed by atoms with Gasteiger partial charge in [0.2, 0.25) is 5.91 Å². The molecule has 0 saturated heterocycles. The van der Waals surface area contributed by atoms with Gasteiger partial charge in [-0.15, -0.1) is 0 Å². The predicted octanol–water partition coefficient (Wildman–Crippen LogP) is 2.68. The van der Waals surface area contributed by atoms with Gasteiger partial charge < -0.3 is 20.1 Å². The molecule has 7 heteroatoms. The van der Waals surface area contributed by atoms with Crippen molar-refractivity contribution in [2.45, 2.75) is 12.3 Å². The van der Waals surface area contributed by atoms with Crippen molar-refractivity contribution in [3.05, 3.63) is 28.6 Å². The summed E-state index contributed by atoms with van der Waals surface area (Å²) in [5, 5.41) is 6.63. The van der Waals surface area contributed by atoms with Gasteiger partial charge in [-0.25, -0.2) is 4.98 Å². The van der Waals surface area contributed by atoms with Gasteiger partial charge in [-0.2, -0.15) is 0 Å². The normalized spacial score (nSPS) is 16.7. The SMILES string of the molecule is CNc1nc2c(s1)[C@H](c1cccc(OC)c1OC)CC(=O)N2. The molecule has 1 aliphatic heterocycles. The standard InChI is InChI=1S/C15H17N3O3S/c1-16-15-18-14-13(22-15)9(7-11(19)17-14)8-5-4-6-10(20-2)12(8)21-3/h4-6,9H,7H2,1-3H3,(H,16,18)(H,17,19)/t9-/m0/s1. The monoisotopic (exact) mass is 319 g/mol. The van der Waals surface area contributed by atoms with Crippen molar-refractivity contribution < 1.29 is 14.3 Å². The Bertz CT molecular complexity index is 714. The van der Waals surface area contributed by atoms with Gasteiger partial charge in [-0.1, -0.05) is 23.5 Å². The predicted molar refractivity (Wildman–Crippen MR) is 86.3 cm³/mol. The Balaban J connectivity index is 2.13. The number of hydrogen-bond donors (Lipinski definition) is 2. The molecule has 2 N–H and O–H groups in total. The lowest BCUT2D eigenvalue weighted by atomic mass is 9.90. The van der Waals surface area contributed by atoms with Gasteiger partial charge in [-0.3, -0.25) is 4.79 Å². The van der Waals surface area contributed by atoms with Crippen LogP contribution in [0.15, 0.2) is 18.2 Å². The second-order valence-electron chi connectivity index (χ2n) is 4.87. The first-order valence-corrected chi connectivity index (χ1v) is 7.68. The van der Waals surface area contributed by atoms with E-state index in [1.54, 1.807) is 14.2 Å². The molecule has 0 bridgehead atoms. The summed E-state index contributed by atoms with van der Waals surface area (Å²) < 4.78 is 10.9. The number of thiazole rings is 1. The molecule has 6 nitrogen and oxygen atoms in total. The van der Waals surface area contributed by atoms with Crippen LogP contribution in [0.1, 0.15) is 22.8 Å². The molecule has 116 valence electrons. The van der Waals surface area contributed by atoms with Crippen LogP contribution in [0.5, 0.6) is 11.5 Å². The highest BCUT2D eigenvalue weighted by molar-refractivity contribution is 7.16. The summed E-state index contributed by atoms with van der Waals surface area (Å²) in [4.78, 5) is 17.4. The van der Waals surface area contributed by atoms with Crippen molar-refractivity contribution in [1.29, 1.82) is 0 Å². The second-order valence-corrected chi connectivity index (χ2v) is 5.90. The van der Waals surface area contributed by atoms with E-state index in [1.165, 1.54) is 11.3 Å². The molecule has 1 aromatic carbocycles. The van der Waals surface area contributed by atoms with E-state index < -0.39 is 0 Å². The quantitative estimate of drug-likeness (QED) is 0.906. The summed E-state index contributed by atoms with van der Waals surface area (Å²) in [6, 6.07) is 5.72. The Morgan fingerprint density at radius 1 is 1.36 bits per heavy atom. The molecule has 1 amide bonds. The first-order chi connectivity index (χ1) is 10.7. The first-order valence-electron chi connectivity index (χ1n) is 6.87.